The minimum atomic E-state index is -0.557. The van der Waals surface area contributed by atoms with Gasteiger partial charge < -0.3 is 10.5 Å². The maximum absolute atomic E-state index is 12.1. The topological polar surface area (TPSA) is 69.4 Å². The van der Waals surface area contributed by atoms with E-state index in [-0.39, 0.29) is 18.3 Å². The molecule has 0 aromatic heterocycles. The zero-order valence-electron chi connectivity index (χ0n) is 13.1. The van der Waals surface area contributed by atoms with Gasteiger partial charge in [-0.25, -0.2) is 0 Å². The number of benzene rings is 1. The van der Waals surface area contributed by atoms with E-state index >= 15 is 0 Å². The van der Waals surface area contributed by atoms with Gasteiger partial charge in [0.05, 0.1) is 18.4 Å². The highest BCUT2D eigenvalue weighted by Crippen LogP contribution is 2.24. The lowest BCUT2D eigenvalue weighted by atomic mass is 9.85. The van der Waals surface area contributed by atoms with Crippen molar-refractivity contribution in [3.8, 4) is 0 Å². The average Bonchev–Trinajstić information content (AvgIpc) is 2.40. The summed E-state index contributed by atoms with van der Waals surface area (Å²) in [5.41, 5.74) is 6.53. The number of rotatable bonds is 8. The van der Waals surface area contributed by atoms with Gasteiger partial charge in [0, 0.05) is 0 Å². The standard InChI is InChI=1S/C17H25NO3/c1-4-5-10-21-16(20)17(2,3)12-14-8-6-13(7-9-14)11-15(18)19/h6-9H,4-5,10-12H2,1-3H3,(H2,18,19). The van der Waals surface area contributed by atoms with Crippen LogP contribution < -0.4 is 5.73 Å². The maximum Gasteiger partial charge on any atom is 0.311 e. The quantitative estimate of drug-likeness (QED) is 0.591. The van der Waals surface area contributed by atoms with Crippen LogP contribution in [0.3, 0.4) is 0 Å². The Morgan fingerprint density at radius 1 is 1.14 bits per heavy atom. The van der Waals surface area contributed by atoms with Crippen molar-refractivity contribution in [1.29, 1.82) is 0 Å². The molecule has 0 fully saturated rings. The van der Waals surface area contributed by atoms with Gasteiger partial charge in [-0.2, -0.15) is 0 Å². The van der Waals surface area contributed by atoms with Crippen molar-refractivity contribution >= 4 is 11.9 Å². The van der Waals surface area contributed by atoms with Gasteiger partial charge in [-0.3, -0.25) is 9.59 Å². The van der Waals surface area contributed by atoms with Crippen molar-refractivity contribution < 1.29 is 14.3 Å². The Morgan fingerprint density at radius 2 is 1.71 bits per heavy atom. The van der Waals surface area contributed by atoms with Crippen molar-refractivity contribution in [2.24, 2.45) is 11.1 Å². The van der Waals surface area contributed by atoms with E-state index in [1.807, 2.05) is 38.1 Å². The third-order valence-electron chi connectivity index (χ3n) is 3.33. The zero-order chi connectivity index (χ0) is 15.9. The minimum Gasteiger partial charge on any atom is -0.465 e. The molecule has 0 radical (unpaired) electrons. The largest absolute Gasteiger partial charge is 0.465 e. The molecular weight excluding hydrogens is 266 g/mol. The predicted molar refractivity (Wildman–Crippen MR) is 82.7 cm³/mol. The first kappa shape index (κ1) is 17.2. The molecule has 0 atom stereocenters. The molecule has 0 unspecified atom stereocenters. The van der Waals surface area contributed by atoms with E-state index in [1.165, 1.54) is 0 Å². The Labute approximate surface area is 126 Å². The molecule has 0 aliphatic heterocycles. The molecule has 1 amide bonds. The zero-order valence-corrected chi connectivity index (χ0v) is 13.1. The van der Waals surface area contributed by atoms with Gasteiger partial charge in [0.2, 0.25) is 5.91 Å². The minimum absolute atomic E-state index is 0.169. The van der Waals surface area contributed by atoms with Crippen molar-refractivity contribution in [2.75, 3.05) is 6.61 Å². The maximum atomic E-state index is 12.1. The van der Waals surface area contributed by atoms with Gasteiger partial charge in [-0.05, 0) is 37.8 Å². The highest BCUT2D eigenvalue weighted by Gasteiger charge is 2.29. The summed E-state index contributed by atoms with van der Waals surface area (Å²) in [6.45, 7) is 6.32. The van der Waals surface area contributed by atoms with E-state index in [4.69, 9.17) is 10.5 Å². The average molecular weight is 291 g/mol. The monoisotopic (exact) mass is 291 g/mol. The van der Waals surface area contributed by atoms with E-state index in [9.17, 15) is 9.59 Å². The molecule has 0 spiro atoms. The van der Waals surface area contributed by atoms with Crippen LogP contribution in [0.25, 0.3) is 0 Å². The second-order valence-electron chi connectivity index (χ2n) is 6.01. The summed E-state index contributed by atoms with van der Waals surface area (Å²) in [5, 5.41) is 0. The summed E-state index contributed by atoms with van der Waals surface area (Å²) in [5.74, 6) is -0.514. The molecule has 4 heteroatoms. The van der Waals surface area contributed by atoms with Crippen LogP contribution in [0.1, 0.15) is 44.7 Å². The van der Waals surface area contributed by atoms with Gasteiger partial charge in [0.25, 0.3) is 0 Å². The normalized spacial score (nSPS) is 11.2. The number of amides is 1. The second kappa shape index (κ2) is 7.81. The lowest BCUT2D eigenvalue weighted by Gasteiger charge is -2.22. The molecule has 1 aromatic carbocycles. The number of ether oxygens (including phenoxy) is 1. The van der Waals surface area contributed by atoms with Crippen LogP contribution in [0.5, 0.6) is 0 Å². The number of nitrogens with two attached hydrogens (primary N) is 1. The number of hydrogen-bond donors (Lipinski definition) is 1. The second-order valence-corrected chi connectivity index (χ2v) is 6.01. The fraction of sp³-hybridized carbons (Fsp3) is 0.529. The summed E-state index contributed by atoms with van der Waals surface area (Å²) in [6, 6.07) is 7.61. The molecule has 0 saturated heterocycles. The van der Waals surface area contributed by atoms with E-state index in [0.29, 0.717) is 13.0 Å². The Hall–Kier alpha value is -1.84. The SMILES string of the molecule is CCCCOC(=O)C(C)(C)Cc1ccc(CC(N)=O)cc1. The van der Waals surface area contributed by atoms with Gasteiger partial charge in [-0.15, -0.1) is 0 Å². The summed E-state index contributed by atoms with van der Waals surface area (Å²) >= 11 is 0. The molecule has 0 aliphatic carbocycles. The first-order chi connectivity index (χ1) is 9.85. The smallest absolute Gasteiger partial charge is 0.311 e. The van der Waals surface area contributed by atoms with Crippen molar-refractivity contribution in [3.05, 3.63) is 35.4 Å². The van der Waals surface area contributed by atoms with Crippen molar-refractivity contribution in [2.45, 2.75) is 46.5 Å². The van der Waals surface area contributed by atoms with Crippen LogP contribution in [0.2, 0.25) is 0 Å². The van der Waals surface area contributed by atoms with E-state index < -0.39 is 5.41 Å². The fourth-order valence-electron chi connectivity index (χ4n) is 2.06. The molecule has 0 bridgehead atoms. The first-order valence-corrected chi connectivity index (χ1v) is 7.38. The number of carbonyl (C=O) groups is 2. The van der Waals surface area contributed by atoms with Crippen LogP contribution in [0, 0.1) is 5.41 Å². The Kier molecular flexibility index (Phi) is 6.40. The van der Waals surface area contributed by atoms with Crippen LogP contribution in [-0.2, 0) is 27.2 Å². The summed E-state index contributed by atoms with van der Waals surface area (Å²) in [6.07, 6.45) is 2.75. The van der Waals surface area contributed by atoms with Crippen LogP contribution in [-0.4, -0.2) is 18.5 Å². The number of esters is 1. The van der Waals surface area contributed by atoms with E-state index in [2.05, 4.69) is 6.92 Å². The number of carbonyl (C=O) groups excluding carboxylic acids is 2. The Balaban J connectivity index is 2.61. The summed E-state index contributed by atoms with van der Waals surface area (Å²) in [7, 11) is 0. The number of primary amides is 1. The van der Waals surface area contributed by atoms with Gasteiger partial charge in [0.15, 0.2) is 0 Å². The molecule has 0 heterocycles. The highest BCUT2D eigenvalue weighted by atomic mass is 16.5. The van der Waals surface area contributed by atoms with Crippen LogP contribution >= 0.6 is 0 Å². The molecule has 1 rings (SSSR count). The molecule has 116 valence electrons. The molecular formula is C17H25NO3. The molecule has 2 N–H and O–H groups in total. The molecule has 1 aromatic rings. The predicted octanol–water partition coefficient (Wildman–Crippen LogP) is 2.63. The third kappa shape index (κ3) is 5.98. The first-order valence-electron chi connectivity index (χ1n) is 7.38. The van der Waals surface area contributed by atoms with E-state index in [0.717, 1.165) is 24.0 Å². The van der Waals surface area contributed by atoms with Gasteiger partial charge >= 0.3 is 5.97 Å². The lowest BCUT2D eigenvalue weighted by Crippen LogP contribution is -2.29. The molecule has 21 heavy (non-hydrogen) atoms. The number of unbranched alkanes of at least 4 members (excludes halogenated alkanes) is 1. The van der Waals surface area contributed by atoms with Crippen LogP contribution in [0.15, 0.2) is 24.3 Å². The van der Waals surface area contributed by atoms with Gasteiger partial charge in [0.1, 0.15) is 0 Å². The number of hydrogen-bond acceptors (Lipinski definition) is 3. The highest BCUT2D eigenvalue weighted by molar-refractivity contribution is 5.77. The van der Waals surface area contributed by atoms with Crippen molar-refractivity contribution in [3.63, 3.8) is 0 Å². The van der Waals surface area contributed by atoms with Crippen molar-refractivity contribution in [1.82, 2.24) is 0 Å². The third-order valence-corrected chi connectivity index (χ3v) is 3.33. The fourth-order valence-corrected chi connectivity index (χ4v) is 2.06. The lowest BCUT2D eigenvalue weighted by molar-refractivity contribution is -0.154. The van der Waals surface area contributed by atoms with E-state index in [1.54, 1.807) is 0 Å². The Bertz CT molecular complexity index is 477. The summed E-state index contributed by atoms with van der Waals surface area (Å²) in [4.78, 5) is 22.9. The molecule has 4 nitrogen and oxygen atoms in total. The van der Waals surface area contributed by atoms with Crippen LogP contribution in [0.4, 0.5) is 0 Å². The molecule has 0 aliphatic rings. The Morgan fingerprint density at radius 3 is 2.24 bits per heavy atom. The summed E-state index contributed by atoms with van der Waals surface area (Å²) < 4.78 is 5.30. The van der Waals surface area contributed by atoms with Gasteiger partial charge in [-0.1, -0.05) is 37.6 Å². The molecule has 0 saturated carbocycles.